The van der Waals surface area contributed by atoms with Crippen LogP contribution in [0.25, 0.3) is 11.1 Å². The van der Waals surface area contributed by atoms with Crippen LogP contribution >= 0.6 is 0 Å². The van der Waals surface area contributed by atoms with Crippen molar-refractivity contribution in [1.29, 1.82) is 0 Å². The maximum atomic E-state index is 2.81. The summed E-state index contributed by atoms with van der Waals surface area (Å²) in [4.78, 5) is 5.56. The minimum Gasteiger partial charge on any atom is -0.301 e. The summed E-state index contributed by atoms with van der Waals surface area (Å²) in [5.74, 6) is 0.880. The van der Waals surface area contributed by atoms with Gasteiger partial charge in [-0.25, -0.2) is 0 Å². The Kier molecular flexibility index (Phi) is 6.94. The van der Waals surface area contributed by atoms with Gasteiger partial charge in [0.25, 0.3) is 0 Å². The Bertz CT molecular complexity index is 1280. The first-order valence-electron chi connectivity index (χ1n) is 15.3. The van der Waals surface area contributed by atoms with E-state index >= 15 is 0 Å². The first-order valence-corrected chi connectivity index (χ1v) is 15.3. The summed E-state index contributed by atoms with van der Waals surface area (Å²) in [6.45, 7) is 6.23. The number of rotatable bonds is 5. The van der Waals surface area contributed by atoms with Crippen LogP contribution in [0.1, 0.15) is 78.2 Å². The molecule has 2 unspecified atom stereocenters. The van der Waals surface area contributed by atoms with E-state index in [1.807, 2.05) is 0 Å². The van der Waals surface area contributed by atoms with Crippen LogP contribution in [0, 0.1) is 0 Å². The van der Waals surface area contributed by atoms with E-state index in [1.54, 1.807) is 16.7 Å². The highest BCUT2D eigenvalue weighted by atomic mass is 15.3. The molecule has 1 saturated heterocycles. The summed E-state index contributed by atoms with van der Waals surface area (Å²) in [7, 11) is 0. The number of benzene rings is 3. The lowest BCUT2D eigenvalue weighted by atomic mass is 9.71. The van der Waals surface area contributed by atoms with Gasteiger partial charge >= 0.3 is 0 Å². The van der Waals surface area contributed by atoms with Gasteiger partial charge in [0.05, 0.1) is 0 Å². The Hall–Kier alpha value is -2.68. The van der Waals surface area contributed by atoms with Gasteiger partial charge in [0.2, 0.25) is 0 Å². The Morgan fingerprint density at radius 2 is 1.47 bits per heavy atom. The third-order valence-electron chi connectivity index (χ3n) is 10.00. The highest BCUT2D eigenvalue weighted by Gasteiger charge is 2.31. The fourth-order valence-electron chi connectivity index (χ4n) is 7.93. The molecule has 196 valence electrons. The van der Waals surface area contributed by atoms with Gasteiger partial charge in [-0.3, -0.25) is 4.90 Å². The molecule has 0 bridgehead atoms. The molecule has 1 aliphatic heterocycles. The molecule has 1 heterocycles. The molecule has 0 amide bonds. The first-order chi connectivity index (χ1) is 18.8. The zero-order valence-electron chi connectivity index (χ0n) is 22.8. The lowest BCUT2D eigenvalue weighted by Crippen LogP contribution is -2.51. The molecule has 1 saturated carbocycles. The number of nitrogens with zero attached hydrogens (tertiary/aromatic N) is 2. The lowest BCUT2D eigenvalue weighted by molar-refractivity contribution is 0.0780. The molecule has 2 atom stereocenters. The van der Waals surface area contributed by atoms with E-state index in [9.17, 15) is 0 Å². The van der Waals surface area contributed by atoms with Crippen molar-refractivity contribution in [2.24, 2.45) is 0 Å². The van der Waals surface area contributed by atoms with Crippen molar-refractivity contribution in [3.8, 4) is 11.1 Å². The molecule has 0 aromatic heterocycles. The van der Waals surface area contributed by atoms with Crippen LogP contribution in [0.2, 0.25) is 0 Å². The van der Waals surface area contributed by atoms with Gasteiger partial charge in [-0.2, -0.15) is 0 Å². The molecule has 2 nitrogen and oxygen atoms in total. The van der Waals surface area contributed by atoms with E-state index in [4.69, 9.17) is 0 Å². The van der Waals surface area contributed by atoms with E-state index in [0.717, 1.165) is 12.5 Å². The summed E-state index contributed by atoms with van der Waals surface area (Å²) in [5.41, 5.74) is 10.7. The fourth-order valence-corrected chi connectivity index (χ4v) is 7.93. The van der Waals surface area contributed by atoms with E-state index in [2.05, 4.69) is 88.7 Å². The Morgan fingerprint density at radius 1 is 0.684 bits per heavy atom. The zero-order chi connectivity index (χ0) is 25.3. The predicted octanol–water partition coefficient (Wildman–Crippen LogP) is 7.58. The molecule has 4 aliphatic rings. The quantitative estimate of drug-likeness (QED) is 0.332. The number of hydrogen-bond acceptors (Lipinski definition) is 2. The largest absolute Gasteiger partial charge is 0.301 e. The van der Waals surface area contributed by atoms with Gasteiger partial charge in [-0.05, 0) is 77.6 Å². The lowest BCUT2D eigenvalue weighted by Gasteiger charge is -2.41. The molecule has 2 heteroatoms. The van der Waals surface area contributed by atoms with Gasteiger partial charge < -0.3 is 4.90 Å². The standard InChI is InChI=1S/C36H42N2/c1-3-9-27(10-4-1)32-17-16-29(21-22-37-23-25-38(26-24-37)30-12-5-2-6-13-30)36-34(32)20-19-33-31-14-8-7-11-28(31)15-18-35(33)36/h1,3-4,7-11,14,16-17,19-20,29-30,32H,2,5-6,12-13,15,18,21-26H2. The van der Waals surface area contributed by atoms with Crippen LogP contribution in [0.15, 0.2) is 78.9 Å². The summed E-state index contributed by atoms with van der Waals surface area (Å²) < 4.78 is 0. The molecule has 0 spiro atoms. The maximum Gasteiger partial charge on any atom is 0.0272 e. The topological polar surface area (TPSA) is 6.48 Å². The van der Waals surface area contributed by atoms with Crippen molar-refractivity contribution in [3.05, 3.63) is 107 Å². The summed E-state index contributed by atoms with van der Waals surface area (Å²) in [6.07, 6.45) is 15.8. The molecule has 38 heavy (non-hydrogen) atoms. The second kappa shape index (κ2) is 10.8. The Balaban J connectivity index is 1.14. The average Bonchev–Trinajstić information content (AvgIpc) is 3.00. The number of fused-ring (bicyclic) bond motifs is 5. The molecule has 3 aromatic rings. The molecule has 3 aliphatic carbocycles. The smallest absolute Gasteiger partial charge is 0.0272 e. The van der Waals surface area contributed by atoms with Crippen molar-refractivity contribution in [1.82, 2.24) is 9.80 Å². The number of aryl methyl sites for hydroxylation is 1. The Morgan fingerprint density at radius 3 is 2.32 bits per heavy atom. The predicted molar refractivity (Wildman–Crippen MR) is 159 cm³/mol. The highest BCUT2D eigenvalue weighted by Crippen LogP contribution is 2.46. The van der Waals surface area contributed by atoms with Gasteiger partial charge in [-0.1, -0.05) is 98.1 Å². The van der Waals surface area contributed by atoms with Gasteiger partial charge in [0.15, 0.2) is 0 Å². The third kappa shape index (κ3) is 4.67. The van der Waals surface area contributed by atoms with Crippen molar-refractivity contribution < 1.29 is 0 Å². The van der Waals surface area contributed by atoms with Gasteiger partial charge in [0.1, 0.15) is 0 Å². The highest BCUT2D eigenvalue weighted by molar-refractivity contribution is 5.76. The Labute approximate surface area is 229 Å². The van der Waals surface area contributed by atoms with Crippen molar-refractivity contribution in [2.75, 3.05) is 32.7 Å². The van der Waals surface area contributed by atoms with E-state index in [-0.39, 0.29) is 0 Å². The SMILES string of the molecule is C1=CC(c2ccccc2)c2ccc3c(c2C1CCN1CCN(C2CCCCC2)CC1)CCc1ccccc1-3. The van der Waals surface area contributed by atoms with Crippen LogP contribution in [0.4, 0.5) is 0 Å². The second-order valence-electron chi connectivity index (χ2n) is 12.1. The van der Waals surface area contributed by atoms with E-state index < -0.39 is 0 Å². The average molecular weight is 503 g/mol. The molecule has 0 N–H and O–H groups in total. The fraction of sp³-hybridized carbons (Fsp3) is 0.444. The van der Waals surface area contributed by atoms with E-state index in [1.165, 1.54) is 99.9 Å². The molecule has 7 rings (SSSR count). The normalized spacial score (nSPS) is 24.0. The summed E-state index contributed by atoms with van der Waals surface area (Å²) >= 11 is 0. The van der Waals surface area contributed by atoms with E-state index in [0.29, 0.717) is 11.8 Å². The van der Waals surface area contributed by atoms with Gasteiger partial charge in [-0.15, -0.1) is 0 Å². The first kappa shape index (κ1) is 24.4. The minimum atomic E-state index is 0.365. The van der Waals surface area contributed by atoms with Crippen LogP contribution in [-0.2, 0) is 12.8 Å². The molecular formula is C36H42N2. The van der Waals surface area contributed by atoms with Crippen LogP contribution < -0.4 is 0 Å². The van der Waals surface area contributed by atoms with Crippen LogP contribution in [-0.4, -0.2) is 48.6 Å². The minimum absolute atomic E-state index is 0.365. The van der Waals surface area contributed by atoms with Crippen LogP contribution in [0.5, 0.6) is 0 Å². The third-order valence-corrected chi connectivity index (χ3v) is 10.00. The van der Waals surface area contributed by atoms with Crippen molar-refractivity contribution >= 4 is 0 Å². The molecular weight excluding hydrogens is 460 g/mol. The zero-order valence-corrected chi connectivity index (χ0v) is 22.8. The van der Waals surface area contributed by atoms with Crippen LogP contribution in [0.3, 0.4) is 0 Å². The maximum absolute atomic E-state index is 2.81. The van der Waals surface area contributed by atoms with Crippen molar-refractivity contribution in [3.63, 3.8) is 0 Å². The van der Waals surface area contributed by atoms with Gasteiger partial charge in [0, 0.05) is 44.1 Å². The summed E-state index contributed by atoms with van der Waals surface area (Å²) in [5, 5.41) is 0. The number of hydrogen-bond donors (Lipinski definition) is 0. The molecule has 0 radical (unpaired) electrons. The monoisotopic (exact) mass is 502 g/mol. The summed E-state index contributed by atoms with van der Waals surface area (Å²) in [6, 6.07) is 26.0. The second-order valence-corrected chi connectivity index (χ2v) is 12.1. The number of allylic oxidation sites excluding steroid dienone is 2. The molecule has 3 aromatic carbocycles. The van der Waals surface area contributed by atoms with Crippen molar-refractivity contribution in [2.45, 2.75) is 69.2 Å². The number of piperazine rings is 1. The molecule has 2 fully saturated rings.